The van der Waals surface area contributed by atoms with Crippen molar-refractivity contribution in [1.29, 1.82) is 0 Å². The van der Waals surface area contributed by atoms with E-state index < -0.39 is 12.3 Å². The first-order valence-corrected chi connectivity index (χ1v) is 7.67. The van der Waals surface area contributed by atoms with Crippen molar-refractivity contribution < 1.29 is 22.7 Å². The minimum atomic E-state index is -4.78. The van der Waals surface area contributed by atoms with E-state index in [0.717, 1.165) is 32.0 Å². The lowest BCUT2D eigenvalue weighted by Crippen LogP contribution is -2.30. The molecule has 1 aromatic rings. The van der Waals surface area contributed by atoms with Crippen molar-refractivity contribution in [2.24, 2.45) is 0 Å². The lowest BCUT2D eigenvalue weighted by molar-refractivity contribution is -0.274. The van der Waals surface area contributed by atoms with Gasteiger partial charge in [-0.25, -0.2) is 0 Å². The van der Waals surface area contributed by atoms with Crippen LogP contribution in [0.1, 0.15) is 48.5 Å². The maximum absolute atomic E-state index is 12.5. The molecule has 1 fully saturated rings. The highest BCUT2D eigenvalue weighted by atomic mass is 35.5. The number of rotatable bonds is 4. The zero-order chi connectivity index (χ0) is 17.0. The number of ether oxygens (including phenoxy) is 1. The van der Waals surface area contributed by atoms with E-state index in [1.54, 1.807) is 19.9 Å². The van der Waals surface area contributed by atoms with Gasteiger partial charge < -0.3 is 15.4 Å². The largest absolute Gasteiger partial charge is 0.573 e. The highest BCUT2D eigenvalue weighted by Gasteiger charge is 2.32. The molecule has 0 aromatic heterocycles. The number of piperidine rings is 1. The summed E-state index contributed by atoms with van der Waals surface area (Å²) >= 11 is 0. The van der Waals surface area contributed by atoms with Crippen molar-refractivity contribution in [2.75, 3.05) is 13.1 Å². The first-order chi connectivity index (χ1) is 10.7. The molecule has 2 rings (SSSR count). The average molecular weight is 367 g/mol. The number of alkyl halides is 3. The quantitative estimate of drug-likeness (QED) is 0.855. The summed E-state index contributed by atoms with van der Waals surface area (Å²) in [5.74, 6) is -0.621. The average Bonchev–Trinajstić information content (AvgIpc) is 2.45. The lowest BCUT2D eigenvalue weighted by Gasteiger charge is -2.24. The summed E-state index contributed by atoms with van der Waals surface area (Å²) in [4.78, 5) is 12.1. The predicted octanol–water partition coefficient (Wildman–Crippen LogP) is 3.61. The van der Waals surface area contributed by atoms with E-state index in [9.17, 15) is 18.0 Å². The van der Waals surface area contributed by atoms with Crippen LogP contribution in [0.2, 0.25) is 0 Å². The fraction of sp³-hybridized carbons (Fsp3) is 0.562. The SMILES string of the molecule is CC(C)NC(=O)c1cc(OC(F)(F)F)cc(C2CCNCC2)c1.Cl. The molecule has 0 saturated carbocycles. The van der Waals surface area contributed by atoms with Gasteiger partial charge in [0, 0.05) is 11.6 Å². The molecule has 0 unspecified atom stereocenters. The van der Waals surface area contributed by atoms with E-state index in [1.807, 2.05) is 0 Å². The van der Waals surface area contributed by atoms with Gasteiger partial charge in [-0.15, -0.1) is 25.6 Å². The van der Waals surface area contributed by atoms with Gasteiger partial charge in [0.05, 0.1) is 0 Å². The molecule has 0 aliphatic carbocycles. The van der Waals surface area contributed by atoms with Crippen molar-refractivity contribution in [2.45, 2.75) is 45.0 Å². The van der Waals surface area contributed by atoms with E-state index in [4.69, 9.17) is 0 Å². The molecule has 4 nitrogen and oxygen atoms in total. The van der Waals surface area contributed by atoms with Crippen LogP contribution >= 0.6 is 12.4 Å². The summed E-state index contributed by atoms with van der Waals surface area (Å²) in [5, 5.41) is 5.90. The molecule has 1 saturated heterocycles. The minimum absolute atomic E-state index is 0. The Hall–Kier alpha value is -1.47. The molecule has 1 aromatic carbocycles. The normalized spacial score (nSPS) is 15.8. The maximum Gasteiger partial charge on any atom is 0.573 e. The molecule has 0 radical (unpaired) electrons. The van der Waals surface area contributed by atoms with Crippen LogP contribution in [-0.2, 0) is 0 Å². The number of hydrogen-bond acceptors (Lipinski definition) is 3. The molecule has 0 bridgehead atoms. The molecule has 1 aliphatic heterocycles. The second-order valence-electron chi connectivity index (χ2n) is 5.99. The Balaban J connectivity index is 0.00000288. The van der Waals surface area contributed by atoms with E-state index in [-0.39, 0.29) is 35.7 Å². The van der Waals surface area contributed by atoms with Crippen LogP contribution in [0.5, 0.6) is 5.75 Å². The van der Waals surface area contributed by atoms with E-state index in [2.05, 4.69) is 15.4 Å². The van der Waals surface area contributed by atoms with Gasteiger partial charge in [0.15, 0.2) is 0 Å². The second-order valence-corrected chi connectivity index (χ2v) is 5.99. The number of carbonyl (C=O) groups is 1. The van der Waals surface area contributed by atoms with Gasteiger partial charge in [0.25, 0.3) is 5.91 Å². The first-order valence-electron chi connectivity index (χ1n) is 7.67. The zero-order valence-corrected chi connectivity index (χ0v) is 14.4. The van der Waals surface area contributed by atoms with Crippen molar-refractivity contribution in [3.05, 3.63) is 29.3 Å². The predicted molar refractivity (Wildman–Crippen MR) is 87.8 cm³/mol. The van der Waals surface area contributed by atoms with Crippen LogP contribution in [0.4, 0.5) is 13.2 Å². The number of halogens is 4. The summed E-state index contributed by atoms with van der Waals surface area (Å²) in [6.45, 7) is 5.20. The third kappa shape index (κ3) is 6.20. The first kappa shape index (κ1) is 20.6. The maximum atomic E-state index is 12.5. The highest BCUT2D eigenvalue weighted by molar-refractivity contribution is 5.95. The standard InChI is InChI=1S/C16H21F3N2O2.ClH/c1-10(2)21-15(22)13-7-12(11-3-5-20-6-4-11)8-14(9-13)23-16(17,18)19;/h7-11,20H,3-6H2,1-2H3,(H,21,22);1H. The Morgan fingerprint density at radius 3 is 2.42 bits per heavy atom. The van der Waals surface area contributed by atoms with Crippen LogP contribution in [-0.4, -0.2) is 31.4 Å². The van der Waals surface area contributed by atoms with Crippen LogP contribution in [0.15, 0.2) is 18.2 Å². The van der Waals surface area contributed by atoms with Gasteiger partial charge in [-0.2, -0.15) is 0 Å². The van der Waals surface area contributed by atoms with Crippen LogP contribution in [0, 0.1) is 0 Å². The zero-order valence-electron chi connectivity index (χ0n) is 13.6. The third-order valence-electron chi connectivity index (χ3n) is 3.65. The fourth-order valence-corrected chi connectivity index (χ4v) is 2.68. The molecule has 2 N–H and O–H groups in total. The molecule has 136 valence electrons. The molecule has 1 aliphatic rings. The summed E-state index contributed by atoms with van der Waals surface area (Å²) in [6, 6.07) is 4.08. The van der Waals surface area contributed by atoms with Gasteiger partial charge in [0.2, 0.25) is 0 Å². The number of carbonyl (C=O) groups excluding carboxylic acids is 1. The van der Waals surface area contributed by atoms with Crippen molar-refractivity contribution >= 4 is 18.3 Å². The van der Waals surface area contributed by atoms with Crippen molar-refractivity contribution in [3.8, 4) is 5.75 Å². The van der Waals surface area contributed by atoms with Crippen LogP contribution in [0.25, 0.3) is 0 Å². The van der Waals surface area contributed by atoms with Crippen molar-refractivity contribution in [1.82, 2.24) is 10.6 Å². The van der Waals surface area contributed by atoms with Gasteiger partial charge in [-0.05, 0) is 69.5 Å². The molecule has 0 atom stereocenters. The Labute approximate surface area is 145 Å². The van der Waals surface area contributed by atoms with Crippen molar-refractivity contribution in [3.63, 3.8) is 0 Å². The highest BCUT2D eigenvalue weighted by Crippen LogP contribution is 2.31. The van der Waals surface area contributed by atoms with Gasteiger partial charge in [-0.1, -0.05) is 0 Å². The van der Waals surface area contributed by atoms with Gasteiger partial charge >= 0.3 is 6.36 Å². The number of amides is 1. The van der Waals surface area contributed by atoms with Gasteiger partial charge in [-0.3, -0.25) is 4.79 Å². The molecular weight excluding hydrogens is 345 g/mol. The van der Waals surface area contributed by atoms with E-state index in [0.29, 0.717) is 5.56 Å². The molecular formula is C16H22ClF3N2O2. The Morgan fingerprint density at radius 2 is 1.88 bits per heavy atom. The van der Waals surface area contributed by atoms with E-state index in [1.165, 1.54) is 6.07 Å². The van der Waals surface area contributed by atoms with E-state index >= 15 is 0 Å². The number of benzene rings is 1. The minimum Gasteiger partial charge on any atom is -0.406 e. The monoisotopic (exact) mass is 366 g/mol. The molecule has 1 amide bonds. The molecule has 8 heteroatoms. The summed E-state index contributed by atoms with van der Waals surface area (Å²) in [5.41, 5.74) is 0.899. The fourth-order valence-electron chi connectivity index (χ4n) is 2.68. The molecule has 0 spiro atoms. The summed E-state index contributed by atoms with van der Waals surface area (Å²) in [7, 11) is 0. The summed E-state index contributed by atoms with van der Waals surface area (Å²) < 4.78 is 41.6. The topological polar surface area (TPSA) is 50.4 Å². The van der Waals surface area contributed by atoms with Crippen LogP contribution in [0.3, 0.4) is 0 Å². The second kappa shape index (κ2) is 8.58. The lowest BCUT2D eigenvalue weighted by atomic mass is 9.89. The summed E-state index contributed by atoms with van der Waals surface area (Å²) in [6.07, 6.45) is -3.14. The molecule has 24 heavy (non-hydrogen) atoms. The Kier molecular flexibility index (Phi) is 7.35. The smallest absolute Gasteiger partial charge is 0.406 e. The number of nitrogens with one attached hydrogen (secondary N) is 2. The molecule has 1 heterocycles. The van der Waals surface area contributed by atoms with Crippen LogP contribution < -0.4 is 15.4 Å². The Morgan fingerprint density at radius 1 is 1.25 bits per heavy atom. The third-order valence-corrected chi connectivity index (χ3v) is 3.65. The van der Waals surface area contributed by atoms with Gasteiger partial charge in [0.1, 0.15) is 5.75 Å². The number of hydrogen-bond donors (Lipinski definition) is 2. The Bertz CT molecular complexity index is 559.